The molecule has 82 valence electrons. The number of benzene rings is 1. The van der Waals surface area contributed by atoms with Crippen LogP contribution in [0.1, 0.15) is 26.3 Å². The fourth-order valence-corrected chi connectivity index (χ4v) is 1.73. The molecule has 1 rings (SSSR count). The maximum Gasteiger partial charge on any atom is 0.285 e. The van der Waals surface area contributed by atoms with Crippen molar-refractivity contribution < 1.29 is 4.92 Å². The third-order valence-electron chi connectivity index (χ3n) is 2.07. The molecule has 0 saturated heterocycles. The minimum Gasteiger partial charge on any atom is -0.258 e. The summed E-state index contributed by atoms with van der Waals surface area (Å²) in [7, 11) is 0. The summed E-state index contributed by atoms with van der Waals surface area (Å²) < 4.78 is 0.335. The molecule has 1 aromatic carbocycles. The van der Waals surface area contributed by atoms with Crippen LogP contribution in [0.5, 0.6) is 0 Å². The topological polar surface area (TPSA) is 43.1 Å². The van der Waals surface area contributed by atoms with Crippen LogP contribution in [0.3, 0.4) is 0 Å². The second-order valence-electron chi connectivity index (χ2n) is 4.30. The van der Waals surface area contributed by atoms with Crippen molar-refractivity contribution in [3.8, 4) is 0 Å². The highest BCUT2D eigenvalue weighted by Crippen LogP contribution is 2.37. The maximum absolute atomic E-state index is 10.8. The molecule has 0 spiro atoms. The van der Waals surface area contributed by atoms with Crippen molar-refractivity contribution in [3.05, 3.63) is 37.3 Å². The average molecular weight is 293 g/mol. The molecule has 5 heteroatoms. The van der Waals surface area contributed by atoms with Crippen LogP contribution in [0.4, 0.5) is 5.69 Å². The first-order chi connectivity index (χ1) is 6.73. The molecule has 0 radical (unpaired) electrons. The summed E-state index contributed by atoms with van der Waals surface area (Å²) in [4.78, 5) is 10.3. The van der Waals surface area contributed by atoms with E-state index < -0.39 is 4.92 Å². The van der Waals surface area contributed by atoms with Crippen LogP contribution in [0.15, 0.2) is 16.6 Å². The van der Waals surface area contributed by atoms with Crippen molar-refractivity contribution in [1.82, 2.24) is 0 Å². The van der Waals surface area contributed by atoms with Gasteiger partial charge in [-0.05, 0) is 33.0 Å². The molecule has 0 saturated carbocycles. The third-order valence-corrected chi connectivity index (χ3v) is 3.43. The van der Waals surface area contributed by atoms with Gasteiger partial charge in [-0.2, -0.15) is 0 Å². The van der Waals surface area contributed by atoms with Gasteiger partial charge in [0.2, 0.25) is 0 Å². The van der Waals surface area contributed by atoms with E-state index in [1.165, 1.54) is 0 Å². The Balaban J connectivity index is 3.43. The minimum atomic E-state index is -0.439. The average Bonchev–Trinajstić information content (AvgIpc) is 2.06. The van der Waals surface area contributed by atoms with E-state index >= 15 is 0 Å². The molecule has 0 aliphatic heterocycles. The van der Waals surface area contributed by atoms with Gasteiger partial charge in [0.15, 0.2) is 0 Å². The minimum absolute atomic E-state index is 0.00688. The molecule has 3 nitrogen and oxygen atoms in total. The second kappa shape index (κ2) is 4.10. The van der Waals surface area contributed by atoms with Crippen molar-refractivity contribution in [2.24, 2.45) is 0 Å². The van der Waals surface area contributed by atoms with Gasteiger partial charge >= 0.3 is 0 Å². The normalized spacial score (nSPS) is 11.5. The highest BCUT2D eigenvalue weighted by atomic mass is 79.9. The second-order valence-corrected chi connectivity index (χ2v) is 5.50. The predicted octanol–water partition coefficient (Wildman–Crippen LogP) is 4.31. The lowest BCUT2D eigenvalue weighted by molar-refractivity contribution is -0.385. The molecule has 1 aromatic rings. The van der Waals surface area contributed by atoms with Gasteiger partial charge in [-0.1, -0.05) is 32.4 Å². The van der Waals surface area contributed by atoms with E-state index in [0.717, 1.165) is 5.56 Å². The zero-order chi connectivity index (χ0) is 11.8. The largest absolute Gasteiger partial charge is 0.285 e. The SMILES string of the molecule is CC(C)(C)c1cc(Cl)c(Br)c([N+](=O)[O-])c1. The van der Waals surface area contributed by atoms with E-state index in [0.29, 0.717) is 9.50 Å². The molecule has 0 heterocycles. The summed E-state index contributed by atoms with van der Waals surface area (Å²) in [6, 6.07) is 3.30. The predicted molar refractivity (Wildman–Crippen MR) is 64.5 cm³/mol. The highest BCUT2D eigenvalue weighted by Gasteiger charge is 2.22. The first kappa shape index (κ1) is 12.5. The van der Waals surface area contributed by atoms with Gasteiger partial charge in [0.05, 0.1) is 9.95 Å². The number of nitrogens with zero attached hydrogens (tertiary/aromatic N) is 1. The van der Waals surface area contributed by atoms with Crippen LogP contribution in [0.25, 0.3) is 0 Å². The van der Waals surface area contributed by atoms with Crippen LogP contribution in [-0.4, -0.2) is 4.92 Å². The number of halogens is 2. The molecular formula is C10H11BrClNO2. The third kappa shape index (κ3) is 2.69. The van der Waals surface area contributed by atoms with Crippen molar-refractivity contribution in [2.75, 3.05) is 0 Å². The van der Waals surface area contributed by atoms with E-state index in [1.54, 1.807) is 12.1 Å². The van der Waals surface area contributed by atoms with E-state index in [-0.39, 0.29) is 11.1 Å². The molecule has 0 amide bonds. The number of rotatable bonds is 1. The first-order valence-corrected chi connectivity index (χ1v) is 5.54. The Hall–Kier alpha value is -0.610. The fourth-order valence-electron chi connectivity index (χ4n) is 1.14. The Morgan fingerprint density at radius 3 is 2.33 bits per heavy atom. The van der Waals surface area contributed by atoms with Gasteiger partial charge in [-0.15, -0.1) is 0 Å². The van der Waals surface area contributed by atoms with Crippen molar-refractivity contribution >= 4 is 33.2 Å². The molecule has 0 unspecified atom stereocenters. The lowest BCUT2D eigenvalue weighted by Gasteiger charge is -2.19. The van der Waals surface area contributed by atoms with Gasteiger partial charge in [0.1, 0.15) is 4.47 Å². The van der Waals surface area contributed by atoms with Crippen molar-refractivity contribution in [2.45, 2.75) is 26.2 Å². The molecule has 0 aliphatic rings. The van der Waals surface area contributed by atoms with E-state index in [9.17, 15) is 10.1 Å². The summed E-state index contributed by atoms with van der Waals surface area (Å²) >= 11 is 9.03. The molecule has 0 aromatic heterocycles. The number of hydrogen-bond donors (Lipinski definition) is 0. The first-order valence-electron chi connectivity index (χ1n) is 4.37. The molecule has 0 aliphatic carbocycles. The molecule has 15 heavy (non-hydrogen) atoms. The summed E-state index contributed by atoms with van der Waals surface area (Å²) in [5.74, 6) is 0. The zero-order valence-corrected chi connectivity index (χ0v) is 11.0. The Morgan fingerprint density at radius 1 is 1.40 bits per heavy atom. The highest BCUT2D eigenvalue weighted by molar-refractivity contribution is 9.10. The maximum atomic E-state index is 10.8. The Bertz CT molecular complexity index is 413. The molecule has 0 bridgehead atoms. The van der Waals surface area contributed by atoms with E-state index in [1.807, 2.05) is 20.8 Å². The zero-order valence-electron chi connectivity index (χ0n) is 8.67. The van der Waals surface area contributed by atoms with Crippen LogP contribution < -0.4 is 0 Å². The van der Waals surface area contributed by atoms with Gasteiger partial charge < -0.3 is 0 Å². The summed E-state index contributed by atoms with van der Waals surface area (Å²) in [5, 5.41) is 11.1. The van der Waals surface area contributed by atoms with Crippen LogP contribution in [0, 0.1) is 10.1 Å². The molecular weight excluding hydrogens is 281 g/mol. The van der Waals surface area contributed by atoms with Crippen LogP contribution >= 0.6 is 27.5 Å². The Morgan fingerprint density at radius 2 is 1.93 bits per heavy atom. The number of nitro benzene ring substituents is 1. The summed E-state index contributed by atoms with van der Waals surface area (Å²) in [6.07, 6.45) is 0. The van der Waals surface area contributed by atoms with E-state index in [2.05, 4.69) is 15.9 Å². The van der Waals surface area contributed by atoms with Gasteiger partial charge in [-0.3, -0.25) is 10.1 Å². The van der Waals surface area contributed by atoms with Crippen LogP contribution in [-0.2, 0) is 5.41 Å². The molecule has 0 N–H and O–H groups in total. The summed E-state index contributed by atoms with van der Waals surface area (Å²) in [5.41, 5.74) is 0.699. The lowest BCUT2D eigenvalue weighted by atomic mass is 9.87. The lowest BCUT2D eigenvalue weighted by Crippen LogP contribution is -2.11. The smallest absolute Gasteiger partial charge is 0.258 e. The van der Waals surface area contributed by atoms with Crippen molar-refractivity contribution in [1.29, 1.82) is 0 Å². The number of hydrogen-bond acceptors (Lipinski definition) is 2. The standard InChI is InChI=1S/C10H11BrClNO2/c1-10(2,3)6-4-7(12)9(11)8(5-6)13(14)15/h4-5H,1-3H3. The van der Waals surface area contributed by atoms with Crippen molar-refractivity contribution in [3.63, 3.8) is 0 Å². The summed E-state index contributed by atoms with van der Waals surface area (Å²) in [6.45, 7) is 5.95. The van der Waals surface area contributed by atoms with Gasteiger partial charge in [0.25, 0.3) is 5.69 Å². The van der Waals surface area contributed by atoms with E-state index in [4.69, 9.17) is 11.6 Å². The van der Waals surface area contributed by atoms with Gasteiger partial charge in [-0.25, -0.2) is 0 Å². The molecule has 0 fully saturated rings. The van der Waals surface area contributed by atoms with Gasteiger partial charge in [0, 0.05) is 6.07 Å². The Labute approximate surface area is 102 Å². The fraction of sp³-hybridized carbons (Fsp3) is 0.400. The number of nitro groups is 1. The van der Waals surface area contributed by atoms with Crippen LogP contribution in [0.2, 0.25) is 5.02 Å². The quantitative estimate of drug-likeness (QED) is 0.572. The Kier molecular flexibility index (Phi) is 3.41. The monoisotopic (exact) mass is 291 g/mol. The molecule has 0 atom stereocenters.